The van der Waals surface area contributed by atoms with Gasteiger partial charge >= 0.3 is 5.97 Å². The molecule has 2 saturated carbocycles. The van der Waals surface area contributed by atoms with Gasteiger partial charge in [-0.1, -0.05) is 6.92 Å². The molecule has 0 spiro atoms. The number of carboxylic acids is 1. The maximum absolute atomic E-state index is 12.3. The second-order valence-electron chi connectivity index (χ2n) is 5.97. The molecule has 0 saturated heterocycles. The molecular formula is C14H18N2O3S. The van der Waals surface area contributed by atoms with E-state index in [2.05, 4.69) is 10.3 Å². The highest BCUT2D eigenvalue weighted by molar-refractivity contribution is 7.13. The summed E-state index contributed by atoms with van der Waals surface area (Å²) in [4.78, 5) is 27.9. The topological polar surface area (TPSA) is 79.3 Å². The van der Waals surface area contributed by atoms with E-state index in [1.807, 2.05) is 12.3 Å². The molecule has 20 heavy (non-hydrogen) atoms. The second kappa shape index (κ2) is 5.16. The van der Waals surface area contributed by atoms with Crippen molar-refractivity contribution in [3.63, 3.8) is 0 Å². The Kier molecular flexibility index (Phi) is 3.50. The predicted octanol–water partition coefficient (Wildman–Crippen LogP) is 2.71. The maximum Gasteiger partial charge on any atom is 0.307 e. The van der Waals surface area contributed by atoms with Gasteiger partial charge in [0.1, 0.15) is 0 Å². The van der Waals surface area contributed by atoms with Crippen LogP contribution in [0.3, 0.4) is 0 Å². The lowest BCUT2D eigenvalue weighted by atomic mass is 9.95. The van der Waals surface area contributed by atoms with Gasteiger partial charge in [-0.25, -0.2) is 4.98 Å². The van der Waals surface area contributed by atoms with E-state index < -0.39 is 17.8 Å². The minimum absolute atomic E-state index is 0.196. The molecule has 1 amide bonds. The first-order chi connectivity index (χ1) is 9.54. The van der Waals surface area contributed by atoms with E-state index in [9.17, 15) is 14.7 Å². The van der Waals surface area contributed by atoms with Crippen LogP contribution in [-0.2, 0) is 9.59 Å². The van der Waals surface area contributed by atoms with E-state index in [0.29, 0.717) is 23.9 Å². The van der Waals surface area contributed by atoms with Gasteiger partial charge in [0.05, 0.1) is 17.5 Å². The molecule has 1 aromatic rings. The summed E-state index contributed by atoms with van der Waals surface area (Å²) in [5.41, 5.74) is 1.06. The van der Waals surface area contributed by atoms with Crippen LogP contribution >= 0.6 is 11.3 Å². The Balaban J connectivity index is 1.66. The molecule has 0 radical (unpaired) electrons. The van der Waals surface area contributed by atoms with Crippen molar-refractivity contribution in [2.24, 2.45) is 17.8 Å². The molecule has 3 atom stereocenters. The van der Waals surface area contributed by atoms with Crippen molar-refractivity contribution < 1.29 is 14.7 Å². The molecule has 0 aliphatic heterocycles. The summed E-state index contributed by atoms with van der Waals surface area (Å²) in [6.07, 6.45) is 3.58. The van der Waals surface area contributed by atoms with Crippen LogP contribution in [0.2, 0.25) is 0 Å². The lowest BCUT2D eigenvalue weighted by molar-refractivity contribution is -0.145. The number of carboxylic acid groups (broad SMARTS) is 1. The number of hydrogen-bond acceptors (Lipinski definition) is 4. The third-order valence-corrected chi connectivity index (χ3v) is 4.98. The number of rotatable bonds is 4. The zero-order chi connectivity index (χ0) is 14.3. The lowest BCUT2D eigenvalue weighted by Gasteiger charge is -2.14. The Bertz CT molecular complexity index is 538. The molecule has 5 nitrogen and oxygen atoms in total. The SMILES string of the molecule is CC1CC(C(=O)O)C(C(=O)Nc2nc(C3CC3)cs2)C1. The summed E-state index contributed by atoms with van der Waals surface area (Å²) >= 11 is 1.42. The number of carbonyl (C=O) groups excluding carboxylic acids is 1. The van der Waals surface area contributed by atoms with Gasteiger partial charge in [-0.2, -0.15) is 0 Å². The van der Waals surface area contributed by atoms with Crippen molar-refractivity contribution in [1.82, 2.24) is 4.98 Å². The molecule has 2 aliphatic carbocycles. The summed E-state index contributed by atoms with van der Waals surface area (Å²) in [6.45, 7) is 2.00. The van der Waals surface area contributed by atoms with Crippen LogP contribution in [0.1, 0.15) is 44.2 Å². The summed E-state index contributed by atoms with van der Waals surface area (Å²) in [7, 11) is 0. The van der Waals surface area contributed by atoms with Crippen molar-refractivity contribution in [2.75, 3.05) is 5.32 Å². The molecular weight excluding hydrogens is 276 g/mol. The van der Waals surface area contributed by atoms with Crippen molar-refractivity contribution in [3.05, 3.63) is 11.1 Å². The van der Waals surface area contributed by atoms with Crippen LogP contribution in [0.15, 0.2) is 5.38 Å². The number of nitrogens with one attached hydrogen (secondary N) is 1. The third kappa shape index (κ3) is 2.70. The number of carbonyl (C=O) groups is 2. The smallest absolute Gasteiger partial charge is 0.307 e. The van der Waals surface area contributed by atoms with E-state index >= 15 is 0 Å². The third-order valence-electron chi connectivity index (χ3n) is 4.20. The van der Waals surface area contributed by atoms with Gasteiger partial charge in [0, 0.05) is 11.3 Å². The first kappa shape index (κ1) is 13.5. The quantitative estimate of drug-likeness (QED) is 0.895. The average molecular weight is 294 g/mol. The lowest BCUT2D eigenvalue weighted by Crippen LogP contribution is -2.29. The number of thiazole rings is 1. The van der Waals surface area contributed by atoms with Gasteiger partial charge in [0.25, 0.3) is 0 Å². The molecule has 108 valence electrons. The van der Waals surface area contributed by atoms with Crippen LogP contribution in [0.25, 0.3) is 0 Å². The van der Waals surface area contributed by atoms with Crippen molar-refractivity contribution in [2.45, 2.75) is 38.5 Å². The average Bonchev–Trinajstić information content (AvgIpc) is 3.01. The normalized spacial score (nSPS) is 29.4. The molecule has 1 heterocycles. The van der Waals surface area contributed by atoms with Crippen LogP contribution in [0.5, 0.6) is 0 Å². The second-order valence-corrected chi connectivity index (χ2v) is 6.83. The highest BCUT2D eigenvalue weighted by atomic mass is 32.1. The Labute approximate surface area is 121 Å². The number of anilines is 1. The van der Waals surface area contributed by atoms with E-state index in [4.69, 9.17) is 0 Å². The number of aromatic nitrogens is 1. The monoisotopic (exact) mass is 294 g/mol. The van der Waals surface area contributed by atoms with Gasteiger partial charge in [-0.05, 0) is 31.6 Å². The van der Waals surface area contributed by atoms with Crippen LogP contribution in [-0.4, -0.2) is 22.0 Å². The van der Waals surface area contributed by atoms with E-state index in [1.54, 1.807) is 0 Å². The number of nitrogens with zero attached hydrogens (tertiary/aromatic N) is 1. The van der Waals surface area contributed by atoms with E-state index in [-0.39, 0.29) is 11.8 Å². The fourth-order valence-corrected chi connectivity index (χ4v) is 3.76. The minimum Gasteiger partial charge on any atom is -0.481 e. The Morgan fingerprint density at radius 2 is 2.05 bits per heavy atom. The standard InChI is InChI=1S/C14H18N2O3S/c1-7-4-9(10(5-7)13(18)19)12(17)16-14-15-11(6-20-14)8-2-3-8/h6-10H,2-5H2,1H3,(H,18,19)(H,15,16,17). The summed E-state index contributed by atoms with van der Waals surface area (Å²) in [6, 6.07) is 0. The molecule has 2 fully saturated rings. The zero-order valence-electron chi connectivity index (χ0n) is 11.3. The molecule has 3 rings (SSSR count). The Morgan fingerprint density at radius 1 is 1.35 bits per heavy atom. The highest BCUT2D eigenvalue weighted by Crippen LogP contribution is 2.41. The number of aliphatic carboxylic acids is 1. The number of amides is 1. The van der Waals surface area contributed by atoms with Crippen LogP contribution < -0.4 is 5.32 Å². The van der Waals surface area contributed by atoms with Crippen LogP contribution in [0, 0.1) is 17.8 Å². The first-order valence-corrected chi connectivity index (χ1v) is 7.91. The molecule has 0 bridgehead atoms. The summed E-state index contributed by atoms with van der Waals surface area (Å²) in [5, 5.41) is 14.6. The van der Waals surface area contributed by atoms with Gasteiger partial charge in [-0.15, -0.1) is 11.3 Å². The first-order valence-electron chi connectivity index (χ1n) is 7.03. The molecule has 0 aromatic carbocycles. The fraction of sp³-hybridized carbons (Fsp3) is 0.643. The zero-order valence-corrected chi connectivity index (χ0v) is 12.2. The molecule has 2 N–H and O–H groups in total. The predicted molar refractivity (Wildman–Crippen MR) is 75.7 cm³/mol. The maximum atomic E-state index is 12.3. The highest BCUT2D eigenvalue weighted by Gasteiger charge is 2.41. The van der Waals surface area contributed by atoms with Gasteiger partial charge in [0.15, 0.2) is 5.13 Å². The molecule has 2 aliphatic rings. The molecule has 6 heteroatoms. The van der Waals surface area contributed by atoms with E-state index in [0.717, 1.165) is 5.69 Å². The van der Waals surface area contributed by atoms with E-state index in [1.165, 1.54) is 24.2 Å². The van der Waals surface area contributed by atoms with Crippen molar-refractivity contribution in [3.8, 4) is 0 Å². The van der Waals surface area contributed by atoms with Crippen LogP contribution in [0.4, 0.5) is 5.13 Å². The van der Waals surface area contributed by atoms with Crippen molar-refractivity contribution >= 4 is 28.3 Å². The Hall–Kier alpha value is -1.43. The largest absolute Gasteiger partial charge is 0.481 e. The number of hydrogen-bond donors (Lipinski definition) is 2. The van der Waals surface area contributed by atoms with Gasteiger partial charge in [-0.3, -0.25) is 9.59 Å². The van der Waals surface area contributed by atoms with Gasteiger partial charge in [0.2, 0.25) is 5.91 Å². The fourth-order valence-electron chi connectivity index (χ4n) is 2.96. The molecule has 1 aromatic heterocycles. The summed E-state index contributed by atoms with van der Waals surface area (Å²) < 4.78 is 0. The van der Waals surface area contributed by atoms with Crippen molar-refractivity contribution in [1.29, 1.82) is 0 Å². The molecule has 3 unspecified atom stereocenters. The minimum atomic E-state index is -0.868. The summed E-state index contributed by atoms with van der Waals surface area (Å²) in [5.74, 6) is -1.21. The Morgan fingerprint density at radius 3 is 2.70 bits per heavy atom. The van der Waals surface area contributed by atoms with Gasteiger partial charge < -0.3 is 10.4 Å².